The number of nitrogens with zero attached hydrogens (tertiary/aromatic N) is 3. The van der Waals surface area contributed by atoms with Crippen LogP contribution in [0.5, 0.6) is 0 Å². The van der Waals surface area contributed by atoms with Crippen molar-refractivity contribution in [2.75, 3.05) is 5.75 Å². The largest absolute Gasteiger partial charge is 0.467 e. The second kappa shape index (κ2) is 9.09. The quantitative estimate of drug-likeness (QED) is 0.520. The fourth-order valence-electron chi connectivity index (χ4n) is 2.78. The lowest BCUT2D eigenvalue weighted by molar-refractivity contribution is -0.129. The van der Waals surface area contributed by atoms with Crippen LogP contribution in [0.1, 0.15) is 33.0 Å². The highest BCUT2D eigenvalue weighted by atomic mass is 32.2. The van der Waals surface area contributed by atoms with Gasteiger partial charge in [0.15, 0.2) is 0 Å². The number of carbonyl (C=O) groups excluding carboxylic acids is 1. The third-order valence-electron chi connectivity index (χ3n) is 4.61. The van der Waals surface area contributed by atoms with Crippen molar-refractivity contribution < 1.29 is 9.21 Å². The van der Waals surface area contributed by atoms with Gasteiger partial charge in [0.05, 0.1) is 30.7 Å². The van der Waals surface area contributed by atoms with Crippen molar-refractivity contribution in [3.05, 3.63) is 68.9 Å². The molecule has 5 nitrogen and oxygen atoms in total. The van der Waals surface area contributed by atoms with Gasteiger partial charge in [0.1, 0.15) is 16.9 Å². The Balaban J connectivity index is 1.76. The average Bonchev–Trinajstić information content (AvgIpc) is 3.38. The van der Waals surface area contributed by atoms with Gasteiger partial charge in [-0.3, -0.25) is 4.79 Å². The van der Waals surface area contributed by atoms with Gasteiger partial charge in [-0.25, -0.2) is 4.98 Å². The van der Waals surface area contributed by atoms with Gasteiger partial charge < -0.3 is 9.32 Å². The highest BCUT2D eigenvalue weighted by Crippen LogP contribution is 2.27. The first-order chi connectivity index (χ1) is 13.5. The van der Waals surface area contributed by atoms with Gasteiger partial charge in [0.25, 0.3) is 0 Å². The van der Waals surface area contributed by atoms with E-state index in [9.17, 15) is 10.1 Å². The zero-order valence-electron chi connectivity index (χ0n) is 16.1. The first kappa shape index (κ1) is 20.2. The lowest BCUT2D eigenvalue weighted by Crippen LogP contribution is -2.31. The predicted octanol–water partition coefficient (Wildman–Crippen LogP) is 4.85. The molecule has 0 aliphatic rings. The molecule has 28 heavy (non-hydrogen) atoms. The highest BCUT2D eigenvalue weighted by molar-refractivity contribution is 8.00. The molecule has 0 fully saturated rings. The van der Waals surface area contributed by atoms with Crippen LogP contribution in [0, 0.1) is 32.1 Å². The van der Waals surface area contributed by atoms with E-state index in [0.29, 0.717) is 23.7 Å². The summed E-state index contributed by atoms with van der Waals surface area (Å²) < 4.78 is 5.42. The van der Waals surface area contributed by atoms with Crippen LogP contribution in [-0.4, -0.2) is 21.5 Å². The number of nitriles is 1. The van der Waals surface area contributed by atoms with E-state index < -0.39 is 0 Å². The molecular weight excluding hydrogens is 390 g/mol. The minimum atomic E-state index is -0.0172. The van der Waals surface area contributed by atoms with Crippen LogP contribution >= 0.6 is 23.1 Å². The van der Waals surface area contributed by atoms with E-state index in [-0.39, 0.29) is 11.7 Å². The number of hydrogen-bond donors (Lipinski definition) is 0. The summed E-state index contributed by atoms with van der Waals surface area (Å²) in [7, 11) is 0. The van der Waals surface area contributed by atoms with Crippen LogP contribution in [0.25, 0.3) is 0 Å². The van der Waals surface area contributed by atoms with Crippen molar-refractivity contribution >= 4 is 29.0 Å². The Bertz CT molecular complexity index is 954. The molecular formula is C21H21N3O2S2. The maximum atomic E-state index is 13.0. The standard InChI is InChI=1S/C21H21N3O2S2/c1-14-15(2)19(10-22)21(23-16(14)3)28-13-20(25)24(11-17-6-4-8-26-17)12-18-7-5-9-27-18/h4-9H,11-13H2,1-3H3. The van der Waals surface area contributed by atoms with E-state index in [1.807, 2.05) is 50.4 Å². The smallest absolute Gasteiger partial charge is 0.233 e. The first-order valence-corrected chi connectivity index (χ1v) is 10.7. The molecule has 0 bridgehead atoms. The van der Waals surface area contributed by atoms with Gasteiger partial charge >= 0.3 is 0 Å². The second-order valence-electron chi connectivity index (χ2n) is 6.44. The maximum Gasteiger partial charge on any atom is 0.233 e. The molecule has 0 unspecified atom stereocenters. The third kappa shape index (κ3) is 4.64. The number of rotatable bonds is 7. The van der Waals surface area contributed by atoms with Crippen molar-refractivity contribution in [2.45, 2.75) is 38.9 Å². The normalized spacial score (nSPS) is 10.6. The second-order valence-corrected chi connectivity index (χ2v) is 8.43. The van der Waals surface area contributed by atoms with Crippen molar-refractivity contribution in [1.82, 2.24) is 9.88 Å². The molecule has 0 aliphatic carbocycles. The molecule has 0 N–H and O–H groups in total. The molecule has 0 saturated heterocycles. The van der Waals surface area contributed by atoms with E-state index in [0.717, 1.165) is 27.5 Å². The molecule has 0 spiro atoms. The zero-order chi connectivity index (χ0) is 20.1. The summed E-state index contributed by atoms with van der Waals surface area (Å²) in [6.07, 6.45) is 1.61. The van der Waals surface area contributed by atoms with Crippen molar-refractivity contribution in [3.8, 4) is 6.07 Å². The molecule has 3 aromatic heterocycles. The monoisotopic (exact) mass is 411 g/mol. The van der Waals surface area contributed by atoms with Gasteiger partial charge in [-0.05, 0) is 55.5 Å². The van der Waals surface area contributed by atoms with Gasteiger partial charge in [0, 0.05) is 10.6 Å². The molecule has 1 amide bonds. The van der Waals surface area contributed by atoms with Crippen LogP contribution in [-0.2, 0) is 17.9 Å². The van der Waals surface area contributed by atoms with Crippen LogP contribution < -0.4 is 0 Å². The lowest BCUT2D eigenvalue weighted by atomic mass is 10.1. The van der Waals surface area contributed by atoms with Gasteiger partial charge in [-0.2, -0.15) is 5.26 Å². The number of amides is 1. The minimum Gasteiger partial charge on any atom is -0.467 e. The Morgan fingerprint density at radius 3 is 2.71 bits per heavy atom. The molecule has 0 aromatic carbocycles. The van der Waals surface area contributed by atoms with Crippen LogP contribution in [0.2, 0.25) is 0 Å². The fourth-order valence-corrected chi connectivity index (χ4v) is 4.49. The topological polar surface area (TPSA) is 70.1 Å². The first-order valence-electron chi connectivity index (χ1n) is 8.82. The predicted molar refractivity (Wildman–Crippen MR) is 111 cm³/mol. The van der Waals surface area contributed by atoms with Crippen LogP contribution in [0.4, 0.5) is 0 Å². The highest BCUT2D eigenvalue weighted by Gasteiger charge is 2.19. The maximum absolute atomic E-state index is 13.0. The fraction of sp³-hybridized carbons (Fsp3) is 0.286. The number of furan rings is 1. The van der Waals surface area contributed by atoms with E-state index in [2.05, 4.69) is 11.1 Å². The molecule has 144 valence electrons. The molecule has 0 saturated carbocycles. The Morgan fingerprint density at radius 1 is 1.25 bits per heavy atom. The summed E-state index contributed by atoms with van der Waals surface area (Å²) in [5, 5.41) is 12.1. The minimum absolute atomic E-state index is 0.0172. The van der Waals surface area contributed by atoms with Crippen molar-refractivity contribution in [3.63, 3.8) is 0 Å². The SMILES string of the molecule is Cc1nc(SCC(=O)N(Cc2ccco2)Cc2cccs2)c(C#N)c(C)c1C. The lowest BCUT2D eigenvalue weighted by Gasteiger charge is -2.21. The van der Waals surface area contributed by atoms with E-state index in [1.54, 1.807) is 22.5 Å². The molecule has 7 heteroatoms. The van der Waals surface area contributed by atoms with Crippen LogP contribution in [0.3, 0.4) is 0 Å². The number of pyridine rings is 1. The molecule has 3 aromatic rings. The summed E-state index contributed by atoms with van der Waals surface area (Å²) in [6.45, 7) is 6.76. The van der Waals surface area contributed by atoms with E-state index in [4.69, 9.17) is 4.42 Å². The molecule has 0 radical (unpaired) electrons. The van der Waals surface area contributed by atoms with Crippen molar-refractivity contribution in [2.24, 2.45) is 0 Å². The number of aromatic nitrogens is 1. The zero-order valence-corrected chi connectivity index (χ0v) is 17.7. The number of thioether (sulfide) groups is 1. The molecule has 0 aliphatic heterocycles. The van der Waals surface area contributed by atoms with Crippen LogP contribution in [0.15, 0.2) is 45.4 Å². The Hall–Kier alpha value is -2.56. The van der Waals surface area contributed by atoms with Crippen molar-refractivity contribution in [1.29, 1.82) is 5.26 Å². The Labute approximate surface area is 173 Å². The molecule has 3 rings (SSSR count). The summed E-state index contributed by atoms with van der Waals surface area (Å²) in [5.74, 6) is 0.944. The molecule has 3 heterocycles. The average molecular weight is 412 g/mol. The summed E-state index contributed by atoms with van der Waals surface area (Å²) in [6, 6.07) is 9.91. The van der Waals surface area contributed by atoms with Gasteiger partial charge in [-0.1, -0.05) is 17.8 Å². The van der Waals surface area contributed by atoms with Gasteiger partial charge in [0.2, 0.25) is 5.91 Å². The molecule has 0 atom stereocenters. The van der Waals surface area contributed by atoms with Gasteiger partial charge in [-0.15, -0.1) is 11.3 Å². The summed E-state index contributed by atoms with van der Waals surface area (Å²) in [5.41, 5.74) is 3.38. The Kier molecular flexibility index (Phi) is 6.55. The Morgan fingerprint density at radius 2 is 2.07 bits per heavy atom. The number of hydrogen-bond acceptors (Lipinski definition) is 6. The van der Waals surface area contributed by atoms with E-state index >= 15 is 0 Å². The summed E-state index contributed by atoms with van der Waals surface area (Å²) in [4.78, 5) is 20.4. The number of thiophene rings is 1. The third-order valence-corrected chi connectivity index (χ3v) is 6.44. The number of carbonyl (C=O) groups is 1. The van der Waals surface area contributed by atoms with E-state index in [1.165, 1.54) is 11.8 Å². The summed E-state index contributed by atoms with van der Waals surface area (Å²) >= 11 is 2.94. The number of aryl methyl sites for hydroxylation is 1.